The number of carbonyl (C=O) groups is 3. The smallest absolute Gasteiger partial charge is 0.331 e. The molecular formula is C42H62O18. The summed E-state index contributed by atoms with van der Waals surface area (Å²) in [6.07, 6.45) is -10.8. The Hall–Kier alpha value is -2.17. The van der Waals surface area contributed by atoms with Crippen molar-refractivity contribution in [1.82, 2.24) is 0 Å². The molecule has 338 valence electrons. The summed E-state index contributed by atoms with van der Waals surface area (Å²) in [5, 5.41) is 77.7. The Labute approximate surface area is 348 Å². The summed E-state index contributed by atoms with van der Waals surface area (Å²) in [6.45, 7) is 8.28. The molecular weight excluding hydrogens is 792 g/mol. The van der Waals surface area contributed by atoms with Gasteiger partial charge in [0.1, 0.15) is 61.0 Å². The van der Waals surface area contributed by atoms with Crippen LogP contribution in [0.1, 0.15) is 92.4 Å². The van der Waals surface area contributed by atoms with Crippen molar-refractivity contribution in [2.75, 3.05) is 13.2 Å². The van der Waals surface area contributed by atoms with E-state index in [1.165, 1.54) is 19.9 Å². The Bertz CT molecular complexity index is 1690. The summed E-state index contributed by atoms with van der Waals surface area (Å²) in [5.74, 6) is -2.02. The fourth-order valence-corrected chi connectivity index (χ4v) is 12.6. The van der Waals surface area contributed by atoms with Crippen molar-refractivity contribution in [3.8, 4) is 0 Å². The Balaban J connectivity index is 0.889. The van der Waals surface area contributed by atoms with Gasteiger partial charge >= 0.3 is 11.9 Å². The lowest BCUT2D eigenvalue weighted by Crippen LogP contribution is -2.75. The first-order chi connectivity index (χ1) is 28.2. The Morgan fingerprint density at radius 1 is 0.800 bits per heavy atom. The fourth-order valence-electron chi connectivity index (χ4n) is 12.6. The summed E-state index contributed by atoms with van der Waals surface area (Å²) >= 11 is 0. The normalized spacial score (nSPS) is 53.1. The Morgan fingerprint density at radius 2 is 1.53 bits per heavy atom. The lowest BCUT2D eigenvalue weighted by atomic mass is 9.41. The summed E-state index contributed by atoms with van der Waals surface area (Å²) in [6, 6.07) is 0. The lowest BCUT2D eigenvalue weighted by molar-refractivity contribution is -0.355. The van der Waals surface area contributed by atoms with E-state index >= 15 is 0 Å². The van der Waals surface area contributed by atoms with E-state index in [0.29, 0.717) is 44.1 Å². The predicted molar refractivity (Wildman–Crippen MR) is 201 cm³/mol. The molecule has 4 heterocycles. The van der Waals surface area contributed by atoms with E-state index in [0.717, 1.165) is 0 Å². The molecule has 3 saturated heterocycles. The van der Waals surface area contributed by atoms with Gasteiger partial charge < -0.3 is 73.6 Å². The molecule has 0 amide bonds. The van der Waals surface area contributed by atoms with Gasteiger partial charge in [-0.2, -0.15) is 0 Å². The fraction of sp³-hybridized carbons (Fsp3) is 0.881. The Morgan fingerprint density at radius 3 is 2.23 bits per heavy atom. The number of Topliss-reactive ketones (excluding diaryl/α,β-unsaturated/α-hetero) is 1. The molecule has 21 unspecified atom stereocenters. The second-order valence-electron chi connectivity index (χ2n) is 19.2. The van der Waals surface area contributed by atoms with Gasteiger partial charge in [-0.15, -0.1) is 0 Å². The number of ketones is 1. The number of fused-ring (bicyclic) bond motifs is 5. The minimum atomic E-state index is -1.97. The Kier molecular flexibility index (Phi) is 11.9. The zero-order valence-electron chi connectivity index (χ0n) is 34.8. The van der Waals surface area contributed by atoms with E-state index in [-0.39, 0.29) is 56.2 Å². The quantitative estimate of drug-likeness (QED) is 0.122. The molecule has 4 aliphatic carbocycles. The standard InChI is InChI=1S/C42H62O18/c1-18-31(46)33(48)35(50)38(56-18)59-26-17-54-37(34(49)32(26)47)60-36-19(2)55-30(15-25(36)57-20(3)43)58-23-7-9-39(4)22(13-23)6-11-41(51)27(39)8-10-40(5)24(14-28(44)42(40,41)52)21-12-29(45)53-16-21/h12,18-19,22-27,30-38,46-52H,6-11,13-17H2,1-5H3. The number of esters is 2. The molecule has 0 bridgehead atoms. The second-order valence-corrected chi connectivity index (χ2v) is 19.2. The van der Waals surface area contributed by atoms with Gasteiger partial charge in [-0.1, -0.05) is 13.8 Å². The van der Waals surface area contributed by atoms with Gasteiger partial charge in [0.2, 0.25) is 0 Å². The zero-order chi connectivity index (χ0) is 43.3. The van der Waals surface area contributed by atoms with Gasteiger partial charge in [-0.3, -0.25) is 9.59 Å². The highest BCUT2D eigenvalue weighted by atomic mass is 16.8. The first-order valence-corrected chi connectivity index (χ1v) is 21.5. The van der Waals surface area contributed by atoms with E-state index in [9.17, 15) is 50.1 Å². The van der Waals surface area contributed by atoms with E-state index < -0.39 is 120 Å². The van der Waals surface area contributed by atoms with Crippen LogP contribution in [0.5, 0.6) is 0 Å². The van der Waals surface area contributed by atoms with Gasteiger partial charge in [0.15, 0.2) is 30.3 Å². The third kappa shape index (κ3) is 7.09. The maximum atomic E-state index is 13.9. The van der Waals surface area contributed by atoms with Crippen LogP contribution in [0.4, 0.5) is 0 Å². The summed E-state index contributed by atoms with van der Waals surface area (Å²) < 4.78 is 46.7. The third-order valence-electron chi connectivity index (χ3n) is 16.0. The van der Waals surface area contributed by atoms with Crippen LogP contribution in [-0.4, -0.2) is 164 Å². The predicted octanol–water partition coefficient (Wildman–Crippen LogP) is -0.335. The molecule has 0 spiro atoms. The topological polar surface area (TPSA) is 267 Å². The van der Waals surface area contributed by atoms with Crippen LogP contribution < -0.4 is 0 Å². The number of aliphatic hydroxyl groups excluding tert-OH is 5. The molecule has 0 aromatic heterocycles. The zero-order valence-corrected chi connectivity index (χ0v) is 34.8. The molecule has 0 aromatic rings. The third-order valence-corrected chi connectivity index (χ3v) is 16.0. The first-order valence-electron chi connectivity index (χ1n) is 21.5. The van der Waals surface area contributed by atoms with Gasteiger partial charge in [-0.25, -0.2) is 4.79 Å². The van der Waals surface area contributed by atoms with Gasteiger partial charge in [0.25, 0.3) is 0 Å². The molecule has 18 heteroatoms. The minimum absolute atomic E-state index is 0.0488. The summed E-state index contributed by atoms with van der Waals surface area (Å²) in [4.78, 5) is 38.2. The molecule has 18 nitrogen and oxygen atoms in total. The SMILES string of the molecule is CC(=O)OC1CC(OC2CCC3(C)C(CCC4(O)C3CCC3(C)C(C5=CC(=O)OC5)CC(=O)C34O)C2)OC(C)C1OC1OCC(OC2OC(C)C(O)C(O)C2O)C(O)C1O. The highest BCUT2D eigenvalue weighted by Crippen LogP contribution is 2.70. The van der Waals surface area contributed by atoms with Gasteiger partial charge in [0.05, 0.1) is 24.9 Å². The summed E-state index contributed by atoms with van der Waals surface area (Å²) in [7, 11) is 0. The van der Waals surface area contributed by atoms with Crippen molar-refractivity contribution in [3.63, 3.8) is 0 Å². The number of carbonyl (C=O) groups excluding carboxylic acids is 3. The van der Waals surface area contributed by atoms with Gasteiger partial charge in [-0.05, 0) is 87.5 Å². The van der Waals surface area contributed by atoms with Crippen molar-refractivity contribution < 1.29 is 88.0 Å². The van der Waals surface area contributed by atoms with Crippen LogP contribution >= 0.6 is 0 Å². The highest BCUT2D eigenvalue weighted by molar-refractivity contribution is 5.94. The van der Waals surface area contributed by atoms with E-state index in [1.807, 2.05) is 6.92 Å². The molecule has 4 saturated carbocycles. The maximum absolute atomic E-state index is 13.9. The van der Waals surface area contributed by atoms with E-state index in [2.05, 4.69) is 6.92 Å². The van der Waals surface area contributed by atoms with Crippen molar-refractivity contribution in [2.45, 2.75) is 190 Å². The van der Waals surface area contributed by atoms with E-state index in [1.54, 1.807) is 6.92 Å². The van der Waals surface area contributed by atoms with Crippen LogP contribution in [0, 0.1) is 28.6 Å². The van der Waals surface area contributed by atoms with Crippen LogP contribution in [0.2, 0.25) is 0 Å². The van der Waals surface area contributed by atoms with E-state index in [4.69, 9.17) is 37.9 Å². The van der Waals surface area contributed by atoms with Crippen LogP contribution in [0.15, 0.2) is 11.6 Å². The molecule has 8 aliphatic rings. The minimum Gasteiger partial charge on any atom is -0.459 e. The van der Waals surface area contributed by atoms with Crippen LogP contribution in [0.3, 0.4) is 0 Å². The molecule has 7 fully saturated rings. The lowest BCUT2D eigenvalue weighted by Gasteiger charge is -2.66. The molecule has 0 radical (unpaired) electrons. The van der Waals surface area contributed by atoms with Crippen LogP contribution in [0.25, 0.3) is 0 Å². The highest BCUT2D eigenvalue weighted by Gasteiger charge is 2.77. The number of cyclic esters (lactones) is 1. The second kappa shape index (κ2) is 16.1. The average molecular weight is 855 g/mol. The monoisotopic (exact) mass is 854 g/mol. The number of rotatable bonds is 8. The van der Waals surface area contributed by atoms with Crippen molar-refractivity contribution in [1.29, 1.82) is 0 Å². The molecule has 8 rings (SSSR count). The molecule has 21 atom stereocenters. The van der Waals surface area contributed by atoms with Crippen molar-refractivity contribution in [2.24, 2.45) is 28.6 Å². The molecule has 4 aliphatic heterocycles. The van der Waals surface area contributed by atoms with Crippen molar-refractivity contribution >= 4 is 17.7 Å². The number of hydrogen-bond donors (Lipinski definition) is 7. The number of ether oxygens (including phenoxy) is 8. The van der Waals surface area contributed by atoms with Crippen LogP contribution in [-0.2, 0) is 52.3 Å². The average Bonchev–Trinajstić information content (AvgIpc) is 3.71. The molecule has 7 N–H and O–H groups in total. The largest absolute Gasteiger partial charge is 0.459 e. The molecule has 0 aromatic carbocycles. The first kappa shape index (κ1) is 44.4. The summed E-state index contributed by atoms with van der Waals surface area (Å²) in [5.41, 5.74) is -4.25. The van der Waals surface area contributed by atoms with Gasteiger partial charge in [0, 0.05) is 31.3 Å². The van der Waals surface area contributed by atoms with Crippen molar-refractivity contribution in [3.05, 3.63) is 11.6 Å². The number of aliphatic hydroxyl groups is 7. The maximum Gasteiger partial charge on any atom is 0.331 e. The number of hydrogen-bond acceptors (Lipinski definition) is 18. The molecule has 60 heavy (non-hydrogen) atoms.